The number of ether oxygens (including phenoxy) is 4. The quantitative estimate of drug-likeness (QED) is 0.0492. The SMILES string of the molecule is CCc1c[c-]c(COc2c[c-]c(-c3ccc(OC)cc3S(=O)(=O)[O-])cc2)cc1.CCc1ccc(-c2ccc(COc3ccc(-c4[c-]cc(OC)cc4)c(S(=O)(=O)[O-])c3)cc2)c(S(=O)(=O)[O-])c1.O=S(=O)=O.O=S(=O)=O.O=S(=O)=O.[Na+].[Na+].[Na+].[Na+].[Na+].[Na+]. The molecule has 0 bridgehead atoms. The van der Waals surface area contributed by atoms with Crippen molar-refractivity contribution in [1.82, 2.24) is 0 Å². The number of methoxy groups -OCH3 is 2. The van der Waals surface area contributed by atoms with Gasteiger partial charge in [0, 0.05) is 21.3 Å². The van der Waals surface area contributed by atoms with E-state index >= 15 is 0 Å². The Bertz CT molecular complexity index is 3800. The summed E-state index contributed by atoms with van der Waals surface area (Å²) in [5.74, 6) is 1.59. The Morgan fingerprint density at radius 2 is 0.762 bits per heavy atom. The van der Waals surface area contributed by atoms with E-state index in [1.807, 2.05) is 25.1 Å². The maximum Gasteiger partial charge on any atom is 1.00 e. The molecule has 0 amide bonds. The predicted octanol–water partition coefficient (Wildman–Crippen LogP) is -12.2. The van der Waals surface area contributed by atoms with Gasteiger partial charge in [0.05, 0.1) is 25.7 Å². The van der Waals surface area contributed by atoms with Crippen molar-refractivity contribution in [2.24, 2.45) is 0 Å². The van der Waals surface area contributed by atoms with Gasteiger partial charge in [-0.05, 0) is 59.0 Å². The summed E-state index contributed by atoms with van der Waals surface area (Å²) in [6, 6.07) is 44.9. The fourth-order valence-corrected chi connectivity index (χ4v) is 8.76. The monoisotopic (exact) mass is 1320 g/mol. The maximum atomic E-state index is 12.0. The van der Waals surface area contributed by atoms with E-state index in [1.165, 1.54) is 56.2 Å². The minimum absolute atomic E-state index is 0. The second kappa shape index (κ2) is 43.9. The minimum Gasteiger partial charge on any atom is -0.745 e. The third-order valence-corrected chi connectivity index (χ3v) is 12.8. The van der Waals surface area contributed by atoms with Crippen LogP contribution in [0.4, 0.5) is 0 Å². The average Bonchev–Trinajstić information content (AvgIpc) is 3.38. The van der Waals surface area contributed by atoms with Crippen LogP contribution < -0.4 is 196 Å². The average molecular weight is 1330 g/mol. The molecule has 0 radical (unpaired) electrons. The van der Waals surface area contributed by atoms with Crippen molar-refractivity contribution in [3.8, 4) is 56.4 Å². The van der Waals surface area contributed by atoms with Crippen LogP contribution in [0.5, 0.6) is 23.0 Å². The second-order valence-corrected chi connectivity index (χ2v) is 20.4. The van der Waals surface area contributed by atoms with Crippen LogP contribution in [-0.2, 0) is 88.2 Å². The standard InChI is InChI=1S/C28H25O8S2.C22H20O5S.6Na.3O3S/c1-3-19-6-14-25(27(16-19)37(29,30)31)21-7-4-20(5-8-21)18-36-24-13-15-26(28(17-24)38(32,33)34)22-9-11-23(35-2)12-10-22;1-3-16-4-6-17(7-5-16)15-27-19-10-8-18(9-11-19)21-13-12-20(26-2)14-22(21)28(23,24)25;;;;;;;3*1-4(2)3/h4-9,11-17H,3,18H2,1-2H3,(H,29,30,31)(H,32,33,34);4-6,8,10-14H,3,15H2,1-2H3,(H,23,24,25);;;;;;;;;/q-1;-2;6*+1;;;/p-3. The molecule has 0 unspecified atom stereocenters. The van der Waals surface area contributed by atoms with Gasteiger partial charge in [-0.15, -0.1) is 103 Å². The molecule has 0 aromatic heterocycles. The molecule has 7 aromatic carbocycles. The Kier molecular flexibility index (Phi) is 46.4. The molecule has 7 aromatic rings. The summed E-state index contributed by atoms with van der Waals surface area (Å²) in [5.41, 5.74) is 5.78. The number of aryl methyl sites for hydroxylation is 2. The first-order chi connectivity index (χ1) is 36.6. The molecule has 0 spiro atoms. The summed E-state index contributed by atoms with van der Waals surface area (Å²) >= 11 is 0. The van der Waals surface area contributed by atoms with E-state index in [1.54, 1.807) is 78.9 Å². The zero-order chi connectivity index (χ0) is 58.4. The summed E-state index contributed by atoms with van der Waals surface area (Å²) in [5, 5.41) is 0. The summed E-state index contributed by atoms with van der Waals surface area (Å²) in [6.45, 7) is 4.36. The van der Waals surface area contributed by atoms with Crippen LogP contribution in [-0.4, -0.2) is 91.0 Å². The van der Waals surface area contributed by atoms with Gasteiger partial charge >= 0.3 is 209 Å². The van der Waals surface area contributed by atoms with E-state index in [0.717, 1.165) is 17.5 Å². The Morgan fingerprint density at radius 1 is 0.393 bits per heavy atom. The van der Waals surface area contributed by atoms with Gasteiger partial charge in [0.1, 0.15) is 48.5 Å². The second-order valence-electron chi connectivity index (χ2n) is 15.1. The molecular formula is C50H42Na6O22S6. The predicted molar refractivity (Wildman–Crippen MR) is 272 cm³/mol. The zero-order valence-corrected chi connectivity index (χ0v) is 63.9. The van der Waals surface area contributed by atoms with Gasteiger partial charge in [-0.2, -0.15) is 29.8 Å². The van der Waals surface area contributed by atoms with Crippen LogP contribution in [0.1, 0.15) is 36.1 Å². The molecule has 0 aliphatic carbocycles. The molecule has 7 rings (SSSR count). The molecule has 0 aliphatic rings. The van der Waals surface area contributed by atoms with E-state index in [-0.39, 0.29) is 211 Å². The molecule has 0 saturated carbocycles. The third kappa shape index (κ3) is 32.2. The van der Waals surface area contributed by atoms with Crippen LogP contribution >= 0.6 is 0 Å². The van der Waals surface area contributed by atoms with Crippen LogP contribution in [0.15, 0.2) is 148 Å². The Labute approximate surface area is 624 Å². The molecule has 0 fully saturated rings. The van der Waals surface area contributed by atoms with Crippen molar-refractivity contribution < 1.29 is 273 Å². The molecule has 0 N–H and O–H groups in total. The van der Waals surface area contributed by atoms with Crippen molar-refractivity contribution in [3.63, 3.8) is 0 Å². The normalized spacial score (nSPS) is 9.94. The first-order valence-corrected chi connectivity index (χ1v) is 28.9. The third-order valence-electron chi connectivity index (χ3n) is 10.2. The van der Waals surface area contributed by atoms with Gasteiger partial charge in [0.15, 0.2) is 0 Å². The van der Waals surface area contributed by atoms with E-state index < -0.39 is 67.1 Å². The van der Waals surface area contributed by atoms with E-state index in [9.17, 15) is 38.9 Å². The van der Waals surface area contributed by atoms with Gasteiger partial charge < -0.3 is 32.6 Å². The van der Waals surface area contributed by atoms with Gasteiger partial charge in [0.2, 0.25) is 0 Å². The zero-order valence-electron chi connectivity index (χ0n) is 47.0. The fourth-order valence-electron chi connectivity index (χ4n) is 6.59. The summed E-state index contributed by atoms with van der Waals surface area (Å²) in [6.07, 6.45) is 1.55. The van der Waals surface area contributed by atoms with Crippen molar-refractivity contribution in [2.75, 3.05) is 14.2 Å². The molecule has 0 heterocycles. The summed E-state index contributed by atoms with van der Waals surface area (Å²) in [4.78, 5) is -1.06. The van der Waals surface area contributed by atoms with E-state index in [0.29, 0.717) is 58.1 Å². The van der Waals surface area contributed by atoms with Crippen LogP contribution in [0.25, 0.3) is 33.4 Å². The van der Waals surface area contributed by atoms with Gasteiger partial charge in [-0.1, -0.05) is 79.9 Å². The fraction of sp³-hybridized carbons (Fsp3) is 0.160. The van der Waals surface area contributed by atoms with Gasteiger partial charge in [-0.3, -0.25) is 0 Å². The van der Waals surface area contributed by atoms with Crippen LogP contribution in [0, 0.1) is 18.2 Å². The molecule has 34 heteroatoms. The maximum absolute atomic E-state index is 12.0. The molecule has 0 aliphatic heterocycles. The molecule has 22 nitrogen and oxygen atoms in total. The van der Waals surface area contributed by atoms with Crippen LogP contribution in [0.2, 0.25) is 0 Å². The minimum atomic E-state index is -4.82. The van der Waals surface area contributed by atoms with Gasteiger partial charge in [-0.25, -0.2) is 25.3 Å². The van der Waals surface area contributed by atoms with Crippen molar-refractivity contribution in [2.45, 2.75) is 54.6 Å². The number of rotatable bonds is 16. The van der Waals surface area contributed by atoms with Crippen molar-refractivity contribution in [1.29, 1.82) is 0 Å². The molecule has 0 atom stereocenters. The largest absolute Gasteiger partial charge is 1.00 e. The number of hydrogen-bond donors (Lipinski definition) is 0. The van der Waals surface area contributed by atoms with Crippen molar-refractivity contribution >= 4 is 62.2 Å². The van der Waals surface area contributed by atoms with Crippen molar-refractivity contribution in [3.05, 3.63) is 174 Å². The topological polar surface area (TPSA) is 362 Å². The molecule has 416 valence electrons. The smallest absolute Gasteiger partial charge is 0.745 e. The van der Waals surface area contributed by atoms with Crippen LogP contribution in [0.3, 0.4) is 0 Å². The van der Waals surface area contributed by atoms with E-state index in [4.69, 9.17) is 56.8 Å². The molecular weight excluding hydrogens is 1280 g/mol. The Hall–Kier alpha value is -1.67. The molecule has 84 heavy (non-hydrogen) atoms. The summed E-state index contributed by atoms with van der Waals surface area (Å²) < 4.78 is 204. The van der Waals surface area contributed by atoms with Gasteiger partial charge in [0.25, 0.3) is 0 Å². The van der Waals surface area contributed by atoms with E-state index in [2.05, 4.69) is 25.1 Å². The Balaban J connectivity index is -0.000000616. The Morgan fingerprint density at radius 3 is 1.15 bits per heavy atom. The number of hydrogen-bond acceptors (Lipinski definition) is 22. The first-order valence-electron chi connectivity index (χ1n) is 21.7. The number of benzene rings is 7. The molecule has 0 saturated heterocycles. The first kappa shape index (κ1) is 88.8. The summed E-state index contributed by atoms with van der Waals surface area (Å²) in [7, 11) is -20.6.